The van der Waals surface area contributed by atoms with Crippen molar-refractivity contribution < 1.29 is 0 Å². The molecule has 0 fully saturated rings. The molecule has 0 saturated carbocycles. The third kappa shape index (κ3) is 7.22. The first kappa shape index (κ1) is 37.1. The average Bonchev–Trinajstić information content (AvgIpc) is 3.69. The maximum Gasteiger partial charge on any atom is 0.291 e. The first-order valence-corrected chi connectivity index (χ1v) is 18.1. The van der Waals surface area contributed by atoms with Crippen molar-refractivity contribution in [3.05, 3.63) is 103 Å². The highest BCUT2D eigenvalue weighted by molar-refractivity contribution is 5.92. The normalized spacial score (nSPS) is 11.3. The summed E-state index contributed by atoms with van der Waals surface area (Å²) in [7, 11) is 3.44. The summed E-state index contributed by atoms with van der Waals surface area (Å²) in [6.45, 7) is 21.7. The van der Waals surface area contributed by atoms with Crippen LogP contribution in [0.5, 0.6) is 0 Å². The van der Waals surface area contributed by atoms with Gasteiger partial charge >= 0.3 is 0 Å². The summed E-state index contributed by atoms with van der Waals surface area (Å²) < 4.78 is 6.94. The Balaban J connectivity index is 0.000000199. The Bertz CT molecular complexity index is 2270. The van der Waals surface area contributed by atoms with Gasteiger partial charge in [0.1, 0.15) is 11.0 Å². The SMILES string of the molecule is CCCN(CCC)c1nn(C)c(=O)c2c1ccn2-c1c(C)cc(C)cc1C.CCCNc1nn(C)c(=O)c2c1ccn2-c1c(C)cc(C)cc1C. The highest BCUT2D eigenvalue weighted by Crippen LogP contribution is 2.30. The highest BCUT2D eigenvalue weighted by atomic mass is 16.1. The van der Waals surface area contributed by atoms with Gasteiger partial charge in [-0.3, -0.25) is 9.59 Å². The second-order valence-corrected chi connectivity index (χ2v) is 13.8. The molecule has 4 heterocycles. The number of anilines is 2. The van der Waals surface area contributed by atoms with Gasteiger partial charge in [-0.2, -0.15) is 10.2 Å². The average molecular weight is 691 g/mol. The van der Waals surface area contributed by atoms with Gasteiger partial charge < -0.3 is 19.4 Å². The fourth-order valence-corrected chi connectivity index (χ4v) is 7.42. The molecule has 0 spiro atoms. The van der Waals surface area contributed by atoms with E-state index in [1.807, 2.05) is 33.7 Å². The molecule has 270 valence electrons. The largest absolute Gasteiger partial charge is 0.368 e. The van der Waals surface area contributed by atoms with Crippen molar-refractivity contribution >= 4 is 33.4 Å². The van der Waals surface area contributed by atoms with Crippen LogP contribution in [0.15, 0.2) is 58.4 Å². The summed E-state index contributed by atoms with van der Waals surface area (Å²) in [6.07, 6.45) is 7.07. The van der Waals surface area contributed by atoms with Crippen LogP contribution in [0.2, 0.25) is 0 Å². The van der Waals surface area contributed by atoms with Crippen molar-refractivity contribution in [2.45, 2.75) is 81.6 Å². The summed E-state index contributed by atoms with van der Waals surface area (Å²) in [4.78, 5) is 28.1. The van der Waals surface area contributed by atoms with Gasteiger partial charge in [-0.1, -0.05) is 56.2 Å². The number of aromatic nitrogens is 6. The molecule has 6 aromatic rings. The summed E-state index contributed by atoms with van der Waals surface area (Å²) >= 11 is 0. The molecule has 51 heavy (non-hydrogen) atoms. The van der Waals surface area contributed by atoms with Gasteiger partial charge in [0.25, 0.3) is 11.1 Å². The van der Waals surface area contributed by atoms with Crippen molar-refractivity contribution in [3.63, 3.8) is 0 Å². The molecular formula is C41H54N8O2. The Kier molecular flexibility index (Phi) is 11.2. The lowest BCUT2D eigenvalue weighted by molar-refractivity contribution is 0.674. The van der Waals surface area contributed by atoms with E-state index in [0.717, 1.165) is 83.8 Å². The lowest BCUT2D eigenvalue weighted by atomic mass is 10.0. The molecule has 0 saturated heterocycles. The van der Waals surface area contributed by atoms with Crippen molar-refractivity contribution in [2.75, 3.05) is 29.9 Å². The Hall–Kier alpha value is -5.12. The number of hydrogen-bond acceptors (Lipinski definition) is 6. The molecular weight excluding hydrogens is 637 g/mol. The third-order valence-corrected chi connectivity index (χ3v) is 9.34. The predicted octanol–water partition coefficient (Wildman–Crippen LogP) is 7.75. The second kappa shape index (κ2) is 15.4. The zero-order valence-electron chi connectivity index (χ0n) is 32.3. The van der Waals surface area contributed by atoms with Crippen molar-refractivity contribution in [3.8, 4) is 11.4 Å². The van der Waals surface area contributed by atoms with Crippen molar-refractivity contribution in [1.82, 2.24) is 28.7 Å². The van der Waals surface area contributed by atoms with Crippen molar-refractivity contribution in [2.24, 2.45) is 14.1 Å². The molecule has 0 atom stereocenters. The van der Waals surface area contributed by atoms with E-state index in [1.165, 1.54) is 31.6 Å². The van der Waals surface area contributed by atoms with Gasteiger partial charge in [-0.05, 0) is 95.2 Å². The van der Waals surface area contributed by atoms with Gasteiger partial charge in [-0.15, -0.1) is 0 Å². The smallest absolute Gasteiger partial charge is 0.291 e. The number of nitrogens with zero attached hydrogens (tertiary/aromatic N) is 7. The van der Waals surface area contributed by atoms with Crippen LogP contribution in [0.1, 0.15) is 73.4 Å². The topological polar surface area (TPSA) is 94.9 Å². The fraction of sp³-hybridized carbons (Fsp3) is 0.415. The molecule has 4 aromatic heterocycles. The number of benzene rings is 2. The molecule has 0 aliphatic rings. The molecule has 0 aliphatic carbocycles. The van der Waals surface area contributed by atoms with E-state index in [-0.39, 0.29) is 11.1 Å². The Morgan fingerprint density at radius 2 is 1.06 bits per heavy atom. The molecule has 6 rings (SSSR count). The number of nitrogens with one attached hydrogen (secondary N) is 1. The molecule has 1 N–H and O–H groups in total. The number of fused-ring (bicyclic) bond motifs is 2. The van der Waals surface area contributed by atoms with E-state index in [2.05, 4.69) is 107 Å². The van der Waals surface area contributed by atoms with E-state index in [4.69, 9.17) is 0 Å². The van der Waals surface area contributed by atoms with Crippen LogP contribution in [0.25, 0.3) is 33.2 Å². The Morgan fingerprint density at radius 1 is 0.627 bits per heavy atom. The number of rotatable bonds is 10. The summed E-state index contributed by atoms with van der Waals surface area (Å²) in [5, 5.41) is 14.1. The minimum Gasteiger partial charge on any atom is -0.368 e. The zero-order chi connectivity index (χ0) is 37.1. The quantitative estimate of drug-likeness (QED) is 0.158. The summed E-state index contributed by atoms with van der Waals surface area (Å²) in [5.41, 5.74) is 10.5. The van der Waals surface area contributed by atoms with E-state index in [1.54, 1.807) is 14.1 Å². The molecule has 0 radical (unpaired) electrons. The van der Waals surface area contributed by atoms with Crippen LogP contribution < -0.4 is 21.3 Å². The number of hydrogen-bond donors (Lipinski definition) is 1. The standard InChI is InChI=1S/C22H30N4O.C19H24N4O/c1-7-10-25(11-8-2)21-18-9-12-26(20(18)22(27)24(6)23-21)19-16(4)13-15(3)14-17(19)5;1-6-8-20-18-15-7-9-23(17(15)19(24)22(5)21-18)16-13(3)10-12(2)11-14(16)4/h9,12-14H,7-8,10-11H2,1-6H3;7,9-11H,6,8H2,1-5H3,(H,20,21). The van der Waals surface area contributed by atoms with Crippen LogP contribution in [-0.4, -0.2) is 48.3 Å². The first-order valence-electron chi connectivity index (χ1n) is 18.1. The van der Waals surface area contributed by atoms with Gasteiger partial charge in [0.2, 0.25) is 0 Å². The van der Waals surface area contributed by atoms with E-state index >= 15 is 0 Å². The third-order valence-electron chi connectivity index (χ3n) is 9.34. The molecule has 0 unspecified atom stereocenters. The zero-order valence-corrected chi connectivity index (χ0v) is 32.3. The molecule has 0 aliphatic heterocycles. The minimum absolute atomic E-state index is 0.0638. The van der Waals surface area contributed by atoms with E-state index in [9.17, 15) is 9.59 Å². The molecule has 0 amide bonds. The summed E-state index contributed by atoms with van der Waals surface area (Å²) in [6, 6.07) is 12.6. The minimum atomic E-state index is -0.0866. The lowest BCUT2D eigenvalue weighted by Crippen LogP contribution is -2.30. The monoisotopic (exact) mass is 690 g/mol. The van der Waals surface area contributed by atoms with Gasteiger partial charge in [0.15, 0.2) is 11.6 Å². The van der Waals surface area contributed by atoms with Gasteiger partial charge in [0, 0.05) is 51.5 Å². The van der Waals surface area contributed by atoms with Gasteiger partial charge in [0.05, 0.1) is 16.8 Å². The molecule has 0 bridgehead atoms. The fourth-order valence-electron chi connectivity index (χ4n) is 7.42. The highest BCUT2D eigenvalue weighted by Gasteiger charge is 2.20. The Labute approximate surface area is 301 Å². The summed E-state index contributed by atoms with van der Waals surface area (Å²) in [5.74, 6) is 1.66. The van der Waals surface area contributed by atoms with E-state index < -0.39 is 0 Å². The van der Waals surface area contributed by atoms with Gasteiger partial charge in [-0.25, -0.2) is 9.36 Å². The second-order valence-electron chi connectivity index (χ2n) is 13.8. The maximum atomic E-state index is 13.0. The van der Waals surface area contributed by atoms with Crippen LogP contribution in [0.4, 0.5) is 11.6 Å². The van der Waals surface area contributed by atoms with Crippen LogP contribution >= 0.6 is 0 Å². The first-order chi connectivity index (χ1) is 24.3. The predicted molar refractivity (Wildman–Crippen MR) is 213 cm³/mol. The molecule has 2 aromatic carbocycles. The Morgan fingerprint density at radius 3 is 1.51 bits per heavy atom. The van der Waals surface area contributed by atoms with Crippen LogP contribution in [-0.2, 0) is 14.1 Å². The lowest BCUT2D eigenvalue weighted by Gasteiger charge is -2.24. The van der Waals surface area contributed by atoms with Crippen molar-refractivity contribution in [1.29, 1.82) is 0 Å². The van der Waals surface area contributed by atoms with Crippen LogP contribution in [0, 0.1) is 41.5 Å². The number of aryl methyl sites for hydroxylation is 8. The maximum absolute atomic E-state index is 13.0. The van der Waals surface area contributed by atoms with Crippen LogP contribution in [0.3, 0.4) is 0 Å². The molecule has 10 nitrogen and oxygen atoms in total. The molecule has 10 heteroatoms. The van der Waals surface area contributed by atoms with E-state index in [0.29, 0.717) is 11.0 Å².